The molecule has 0 aliphatic carbocycles. The first-order valence-corrected chi connectivity index (χ1v) is 10.7. The zero-order valence-corrected chi connectivity index (χ0v) is 18.4. The number of carbonyl (C=O) groups excluding carboxylic acids is 1. The number of aromatic nitrogens is 2. The predicted octanol–water partition coefficient (Wildman–Crippen LogP) is 3.88. The van der Waals surface area contributed by atoms with Crippen molar-refractivity contribution in [1.29, 1.82) is 0 Å². The first-order valence-electron chi connectivity index (χ1n) is 9.79. The minimum absolute atomic E-state index is 0.125. The third-order valence-corrected chi connectivity index (χ3v) is 6.04. The maximum absolute atomic E-state index is 13.2. The first-order chi connectivity index (χ1) is 15.1. The molecule has 1 aliphatic heterocycles. The quantitative estimate of drug-likeness (QED) is 0.629. The minimum Gasteiger partial charge on any atom is -0.475 e. The number of imidazole rings is 1. The molecule has 3 heterocycles. The van der Waals surface area contributed by atoms with E-state index in [1.54, 1.807) is 11.3 Å². The van der Waals surface area contributed by atoms with Crippen LogP contribution in [0.3, 0.4) is 0 Å². The summed E-state index contributed by atoms with van der Waals surface area (Å²) in [4.78, 5) is 30.5. The summed E-state index contributed by atoms with van der Waals surface area (Å²) in [5.41, 5.74) is 1.93. The van der Waals surface area contributed by atoms with Crippen LogP contribution in [0.2, 0.25) is 0 Å². The second kappa shape index (κ2) is 9.70. The van der Waals surface area contributed by atoms with E-state index in [-0.39, 0.29) is 11.9 Å². The van der Waals surface area contributed by atoms with Gasteiger partial charge in [-0.15, -0.1) is 11.3 Å². The molecular formula is C21H23F3N4O3S. The Morgan fingerprint density at radius 3 is 2.62 bits per heavy atom. The summed E-state index contributed by atoms with van der Waals surface area (Å²) in [6, 6.07) is 8.40. The number of nitrogens with zero attached hydrogens (tertiary/aromatic N) is 4. The fourth-order valence-electron chi connectivity index (χ4n) is 3.49. The lowest BCUT2D eigenvalue weighted by atomic mass is 10.1. The molecule has 0 fully saturated rings. The highest BCUT2D eigenvalue weighted by atomic mass is 32.1. The van der Waals surface area contributed by atoms with E-state index in [9.17, 15) is 18.0 Å². The molecule has 1 aromatic carbocycles. The number of thiophene rings is 1. The van der Waals surface area contributed by atoms with Crippen LogP contribution in [0.4, 0.5) is 13.2 Å². The Labute approximate surface area is 186 Å². The Balaban J connectivity index is 0.000000360. The van der Waals surface area contributed by atoms with E-state index in [0.717, 1.165) is 40.9 Å². The highest BCUT2D eigenvalue weighted by Gasteiger charge is 2.38. The standard InChI is InChI=1S/C19H22N4OS.C2HF3O2/c1-21(2)8-7-14-10-22(11-15-9-20-13-23(14)15)19(24)17-12-25-18-6-4-3-5-16(17)18;3-2(4,5)1(6)7/h3-6,9,12-14H,7-8,10-11H2,1-2H3;(H,6,7). The third kappa shape index (κ3) is 5.46. The number of hydrogen-bond donors (Lipinski definition) is 1. The Bertz CT molecular complexity index is 1090. The Hall–Kier alpha value is -2.92. The van der Waals surface area contributed by atoms with E-state index < -0.39 is 12.1 Å². The summed E-state index contributed by atoms with van der Waals surface area (Å²) < 4.78 is 35.1. The number of benzene rings is 1. The van der Waals surface area contributed by atoms with Crippen molar-refractivity contribution in [2.75, 3.05) is 27.2 Å². The van der Waals surface area contributed by atoms with Crippen LogP contribution in [0.15, 0.2) is 42.2 Å². The number of aliphatic carboxylic acids is 1. The average molecular weight is 469 g/mol. The second-order valence-corrected chi connectivity index (χ2v) is 8.58. The van der Waals surface area contributed by atoms with Gasteiger partial charge >= 0.3 is 12.1 Å². The number of amides is 1. The molecule has 3 aromatic rings. The average Bonchev–Trinajstić information content (AvgIpc) is 3.38. The second-order valence-electron chi connectivity index (χ2n) is 7.67. The Morgan fingerprint density at radius 2 is 1.97 bits per heavy atom. The van der Waals surface area contributed by atoms with Crippen molar-refractivity contribution < 1.29 is 27.9 Å². The van der Waals surface area contributed by atoms with E-state index in [1.165, 1.54) is 0 Å². The summed E-state index contributed by atoms with van der Waals surface area (Å²) in [6.07, 6.45) is -0.296. The number of carbonyl (C=O) groups is 2. The largest absolute Gasteiger partial charge is 0.490 e. The summed E-state index contributed by atoms with van der Waals surface area (Å²) in [6.45, 7) is 2.35. The number of rotatable bonds is 4. The maximum Gasteiger partial charge on any atom is 0.490 e. The van der Waals surface area contributed by atoms with E-state index in [2.05, 4.69) is 34.6 Å². The van der Waals surface area contributed by atoms with Gasteiger partial charge < -0.3 is 19.5 Å². The van der Waals surface area contributed by atoms with Gasteiger partial charge in [0, 0.05) is 28.2 Å². The smallest absolute Gasteiger partial charge is 0.475 e. The molecule has 0 saturated heterocycles. The molecule has 0 bridgehead atoms. The summed E-state index contributed by atoms with van der Waals surface area (Å²) in [5.74, 6) is -2.63. The van der Waals surface area contributed by atoms with Gasteiger partial charge in [-0.2, -0.15) is 13.2 Å². The van der Waals surface area contributed by atoms with Gasteiger partial charge in [0.05, 0.1) is 30.2 Å². The monoisotopic (exact) mass is 468 g/mol. The highest BCUT2D eigenvalue weighted by Crippen LogP contribution is 2.30. The number of alkyl halides is 3. The first kappa shape index (κ1) is 23.7. The van der Waals surface area contributed by atoms with Crippen LogP contribution in [-0.2, 0) is 11.3 Å². The molecule has 0 saturated carbocycles. The Morgan fingerprint density at radius 1 is 1.28 bits per heavy atom. The molecular weight excluding hydrogens is 445 g/mol. The molecule has 2 aromatic heterocycles. The SMILES string of the molecule is CN(C)CCC1CN(C(=O)c2csc3ccccc23)Cc2cncn21.O=C(O)C(F)(F)F. The van der Waals surface area contributed by atoms with Crippen LogP contribution in [0.1, 0.15) is 28.5 Å². The van der Waals surface area contributed by atoms with E-state index in [1.807, 2.05) is 41.0 Å². The van der Waals surface area contributed by atoms with Crippen LogP contribution in [0, 0.1) is 0 Å². The Kier molecular flexibility index (Phi) is 7.19. The number of carboxylic acids is 1. The van der Waals surface area contributed by atoms with Crippen molar-refractivity contribution in [2.24, 2.45) is 0 Å². The number of halogens is 3. The van der Waals surface area contributed by atoms with Crippen molar-refractivity contribution in [1.82, 2.24) is 19.4 Å². The molecule has 32 heavy (non-hydrogen) atoms. The van der Waals surface area contributed by atoms with Gasteiger partial charge in [-0.25, -0.2) is 9.78 Å². The number of carboxylic acid groups (broad SMARTS) is 1. The lowest BCUT2D eigenvalue weighted by molar-refractivity contribution is -0.192. The molecule has 0 spiro atoms. The van der Waals surface area contributed by atoms with Crippen LogP contribution >= 0.6 is 11.3 Å². The van der Waals surface area contributed by atoms with Gasteiger partial charge in [-0.3, -0.25) is 4.79 Å². The molecule has 1 amide bonds. The van der Waals surface area contributed by atoms with E-state index in [4.69, 9.17) is 9.90 Å². The number of fused-ring (bicyclic) bond motifs is 2. The summed E-state index contributed by atoms with van der Waals surface area (Å²) in [5, 5.41) is 10.2. The van der Waals surface area contributed by atoms with Crippen molar-refractivity contribution >= 4 is 33.3 Å². The van der Waals surface area contributed by atoms with Crippen LogP contribution in [0.25, 0.3) is 10.1 Å². The van der Waals surface area contributed by atoms with Gasteiger partial charge in [-0.1, -0.05) is 18.2 Å². The molecule has 4 rings (SSSR count). The van der Waals surface area contributed by atoms with Crippen LogP contribution < -0.4 is 0 Å². The van der Waals surface area contributed by atoms with Gasteiger partial charge in [0.1, 0.15) is 0 Å². The van der Waals surface area contributed by atoms with E-state index >= 15 is 0 Å². The molecule has 7 nitrogen and oxygen atoms in total. The van der Waals surface area contributed by atoms with Gasteiger partial charge in [-0.05, 0) is 33.1 Å². The van der Waals surface area contributed by atoms with Crippen molar-refractivity contribution in [3.63, 3.8) is 0 Å². The highest BCUT2D eigenvalue weighted by molar-refractivity contribution is 7.17. The third-order valence-electron chi connectivity index (χ3n) is 5.07. The fraction of sp³-hybridized carbons (Fsp3) is 0.381. The topological polar surface area (TPSA) is 78.7 Å². The lowest BCUT2D eigenvalue weighted by Crippen LogP contribution is -2.41. The number of hydrogen-bond acceptors (Lipinski definition) is 5. The maximum atomic E-state index is 13.2. The van der Waals surface area contributed by atoms with Gasteiger partial charge in [0.25, 0.3) is 5.91 Å². The van der Waals surface area contributed by atoms with Crippen molar-refractivity contribution in [3.8, 4) is 0 Å². The van der Waals surface area contributed by atoms with Crippen LogP contribution in [0.5, 0.6) is 0 Å². The molecule has 1 aliphatic rings. The summed E-state index contributed by atoms with van der Waals surface area (Å²) in [7, 11) is 4.16. The lowest BCUT2D eigenvalue weighted by Gasteiger charge is -2.35. The zero-order chi connectivity index (χ0) is 23.5. The molecule has 11 heteroatoms. The molecule has 0 radical (unpaired) electrons. The van der Waals surface area contributed by atoms with Gasteiger partial charge in [0.15, 0.2) is 0 Å². The van der Waals surface area contributed by atoms with Crippen LogP contribution in [-0.4, -0.2) is 69.7 Å². The molecule has 1 unspecified atom stereocenters. The van der Waals surface area contributed by atoms with Gasteiger partial charge in [0.2, 0.25) is 0 Å². The van der Waals surface area contributed by atoms with Crippen molar-refractivity contribution in [3.05, 3.63) is 53.4 Å². The zero-order valence-electron chi connectivity index (χ0n) is 17.5. The van der Waals surface area contributed by atoms with E-state index in [0.29, 0.717) is 6.54 Å². The molecule has 172 valence electrons. The van der Waals surface area contributed by atoms with Crippen molar-refractivity contribution in [2.45, 2.75) is 25.2 Å². The minimum atomic E-state index is -5.08. The fourth-order valence-corrected chi connectivity index (χ4v) is 4.43. The molecule has 1 atom stereocenters. The normalized spacial score (nSPS) is 15.9. The predicted molar refractivity (Wildman–Crippen MR) is 115 cm³/mol. The molecule has 1 N–H and O–H groups in total. The summed E-state index contributed by atoms with van der Waals surface area (Å²) >= 11 is 1.64.